The molecular formula is C18H31N. The Bertz CT molecular complexity index is 305. The average Bonchev–Trinajstić information content (AvgIpc) is 2.39. The minimum atomic E-state index is 0.785. The van der Waals surface area contributed by atoms with E-state index in [4.69, 9.17) is 0 Å². The summed E-state index contributed by atoms with van der Waals surface area (Å²) in [4.78, 5) is 0. The Kier molecular flexibility index (Phi) is 8.57. The molecular weight excluding hydrogens is 230 g/mol. The third-order valence-electron chi connectivity index (χ3n) is 3.62. The van der Waals surface area contributed by atoms with E-state index < -0.39 is 0 Å². The van der Waals surface area contributed by atoms with E-state index in [-0.39, 0.29) is 0 Å². The van der Waals surface area contributed by atoms with Gasteiger partial charge in [-0.25, -0.2) is 0 Å². The Morgan fingerprint density at radius 3 is 2.42 bits per heavy atom. The molecule has 0 aliphatic heterocycles. The lowest BCUT2D eigenvalue weighted by molar-refractivity contribution is 0.407. The van der Waals surface area contributed by atoms with Gasteiger partial charge in [-0.1, -0.05) is 63.9 Å². The molecule has 1 aromatic carbocycles. The van der Waals surface area contributed by atoms with Crippen LogP contribution in [0.5, 0.6) is 0 Å². The van der Waals surface area contributed by atoms with Gasteiger partial charge >= 0.3 is 0 Å². The minimum absolute atomic E-state index is 0.785. The van der Waals surface area contributed by atoms with Crippen LogP contribution in [0, 0.1) is 11.8 Å². The predicted octanol–water partition coefficient (Wildman–Crippen LogP) is 4.67. The lowest BCUT2D eigenvalue weighted by atomic mass is 9.92. The van der Waals surface area contributed by atoms with Gasteiger partial charge in [0.2, 0.25) is 0 Å². The lowest BCUT2D eigenvalue weighted by Crippen LogP contribution is -2.25. The van der Waals surface area contributed by atoms with Gasteiger partial charge in [0.05, 0.1) is 0 Å². The molecule has 19 heavy (non-hydrogen) atoms. The molecule has 1 atom stereocenters. The Morgan fingerprint density at radius 1 is 1.05 bits per heavy atom. The smallest absolute Gasteiger partial charge is 0.00173 e. The van der Waals surface area contributed by atoms with E-state index >= 15 is 0 Å². The van der Waals surface area contributed by atoms with Crippen molar-refractivity contribution >= 4 is 0 Å². The first-order valence-corrected chi connectivity index (χ1v) is 7.97. The van der Waals surface area contributed by atoms with E-state index in [1.807, 2.05) is 0 Å². The first kappa shape index (κ1) is 16.2. The highest BCUT2D eigenvalue weighted by Gasteiger charge is 2.09. The number of hydrogen-bond acceptors (Lipinski definition) is 1. The first-order valence-electron chi connectivity index (χ1n) is 7.97. The van der Waals surface area contributed by atoms with Gasteiger partial charge in [0.1, 0.15) is 0 Å². The zero-order chi connectivity index (χ0) is 13.9. The molecule has 0 aromatic heterocycles. The van der Waals surface area contributed by atoms with Crippen molar-refractivity contribution in [3.05, 3.63) is 35.9 Å². The van der Waals surface area contributed by atoms with Crippen LogP contribution in [0.4, 0.5) is 0 Å². The van der Waals surface area contributed by atoms with Crippen LogP contribution in [-0.4, -0.2) is 13.1 Å². The SMILES string of the molecule is CCCNCC(CCCC(C)C)Cc1ccccc1. The van der Waals surface area contributed by atoms with E-state index in [2.05, 4.69) is 56.4 Å². The Balaban J connectivity index is 2.39. The van der Waals surface area contributed by atoms with Crippen molar-refractivity contribution in [3.8, 4) is 0 Å². The fourth-order valence-electron chi connectivity index (χ4n) is 2.52. The molecule has 0 saturated carbocycles. The van der Waals surface area contributed by atoms with Crippen LogP contribution >= 0.6 is 0 Å². The number of rotatable bonds is 10. The maximum atomic E-state index is 3.59. The molecule has 0 aliphatic carbocycles. The van der Waals surface area contributed by atoms with E-state index in [1.54, 1.807) is 0 Å². The molecule has 1 nitrogen and oxygen atoms in total. The summed E-state index contributed by atoms with van der Waals surface area (Å²) < 4.78 is 0. The van der Waals surface area contributed by atoms with Gasteiger partial charge in [0.15, 0.2) is 0 Å². The van der Waals surface area contributed by atoms with Crippen molar-refractivity contribution in [2.75, 3.05) is 13.1 Å². The summed E-state index contributed by atoms with van der Waals surface area (Å²) in [5.41, 5.74) is 1.48. The molecule has 1 rings (SSSR count). The lowest BCUT2D eigenvalue weighted by Gasteiger charge is -2.18. The standard InChI is InChI=1S/C18H31N/c1-4-13-19-15-18(12-8-9-16(2)3)14-17-10-6-5-7-11-17/h5-7,10-11,16,18-19H,4,8-9,12-15H2,1-3H3. The van der Waals surface area contributed by atoms with Gasteiger partial charge in [-0.3, -0.25) is 0 Å². The molecule has 0 fully saturated rings. The fraction of sp³-hybridized carbons (Fsp3) is 0.667. The van der Waals surface area contributed by atoms with Crippen LogP contribution in [0.15, 0.2) is 30.3 Å². The second-order valence-electron chi connectivity index (χ2n) is 6.08. The summed E-state index contributed by atoms with van der Waals surface area (Å²) in [6.45, 7) is 9.19. The van der Waals surface area contributed by atoms with Crippen LogP contribution < -0.4 is 5.32 Å². The summed E-state index contributed by atoms with van der Waals surface area (Å²) >= 11 is 0. The minimum Gasteiger partial charge on any atom is -0.316 e. The van der Waals surface area contributed by atoms with Gasteiger partial charge in [-0.2, -0.15) is 0 Å². The highest BCUT2D eigenvalue weighted by atomic mass is 14.8. The normalized spacial score (nSPS) is 12.8. The Morgan fingerprint density at radius 2 is 1.79 bits per heavy atom. The summed E-state index contributed by atoms with van der Waals surface area (Å²) in [7, 11) is 0. The summed E-state index contributed by atoms with van der Waals surface area (Å²) in [6, 6.07) is 10.9. The van der Waals surface area contributed by atoms with Crippen molar-refractivity contribution in [2.45, 2.75) is 52.9 Å². The average molecular weight is 261 g/mol. The molecule has 0 amide bonds. The van der Waals surface area contributed by atoms with Crippen LogP contribution in [0.25, 0.3) is 0 Å². The second kappa shape index (κ2) is 10.0. The summed E-state index contributed by atoms with van der Waals surface area (Å²) in [5, 5.41) is 3.59. The molecule has 108 valence electrons. The second-order valence-corrected chi connectivity index (χ2v) is 6.08. The topological polar surface area (TPSA) is 12.0 Å². The third kappa shape index (κ3) is 8.05. The van der Waals surface area contributed by atoms with Crippen molar-refractivity contribution in [3.63, 3.8) is 0 Å². The Hall–Kier alpha value is -0.820. The van der Waals surface area contributed by atoms with Crippen molar-refractivity contribution < 1.29 is 0 Å². The molecule has 0 bridgehead atoms. The first-order chi connectivity index (χ1) is 9.22. The number of nitrogens with one attached hydrogen (secondary N) is 1. The monoisotopic (exact) mass is 261 g/mol. The van der Waals surface area contributed by atoms with Crippen LogP contribution in [-0.2, 0) is 6.42 Å². The molecule has 0 spiro atoms. The van der Waals surface area contributed by atoms with Crippen molar-refractivity contribution in [1.82, 2.24) is 5.32 Å². The Labute approximate surface area is 119 Å². The molecule has 1 unspecified atom stereocenters. The molecule has 0 saturated heterocycles. The van der Waals surface area contributed by atoms with Gasteiger partial charge in [-0.15, -0.1) is 0 Å². The van der Waals surface area contributed by atoms with Crippen LogP contribution in [0.1, 0.15) is 52.0 Å². The molecule has 0 aliphatic rings. The number of hydrogen-bond donors (Lipinski definition) is 1. The van der Waals surface area contributed by atoms with E-state index in [0.29, 0.717) is 0 Å². The van der Waals surface area contributed by atoms with E-state index in [0.717, 1.165) is 18.4 Å². The summed E-state index contributed by atoms with van der Waals surface area (Å²) in [5.74, 6) is 1.62. The number of benzene rings is 1. The zero-order valence-electron chi connectivity index (χ0n) is 13.0. The molecule has 0 heterocycles. The van der Waals surface area contributed by atoms with Crippen LogP contribution in [0.2, 0.25) is 0 Å². The van der Waals surface area contributed by atoms with E-state index in [1.165, 1.54) is 44.2 Å². The van der Waals surface area contributed by atoms with Crippen molar-refractivity contribution in [1.29, 1.82) is 0 Å². The summed E-state index contributed by atoms with van der Waals surface area (Å²) in [6.07, 6.45) is 6.52. The predicted molar refractivity (Wildman–Crippen MR) is 85.5 cm³/mol. The largest absolute Gasteiger partial charge is 0.316 e. The quantitative estimate of drug-likeness (QED) is 0.603. The van der Waals surface area contributed by atoms with Gasteiger partial charge in [-0.05, 0) is 49.8 Å². The molecule has 1 aromatic rings. The van der Waals surface area contributed by atoms with E-state index in [9.17, 15) is 0 Å². The van der Waals surface area contributed by atoms with Gasteiger partial charge < -0.3 is 5.32 Å². The molecule has 1 heteroatoms. The maximum Gasteiger partial charge on any atom is -0.00173 e. The third-order valence-corrected chi connectivity index (χ3v) is 3.62. The van der Waals surface area contributed by atoms with Crippen molar-refractivity contribution in [2.24, 2.45) is 11.8 Å². The van der Waals surface area contributed by atoms with Gasteiger partial charge in [0.25, 0.3) is 0 Å². The van der Waals surface area contributed by atoms with Crippen LogP contribution in [0.3, 0.4) is 0 Å². The highest BCUT2D eigenvalue weighted by molar-refractivity contribution is 5.15. The molecule has 1 N–H and O–H groups in total. The zero-order valence-corrected chi connectivity index (χ0v) is 13.0. The van der Waals surface area contributed by atoms with Gasteiger partial charge in [0, 0.05) is 0 Å². The highest BCUT2D eigenvalue weighted by Crippen LogP contribution is 2.17. The fourth-order valence-corrected chi connectivity index (χ4v) is 2.52. The maximum absolute atomic E-state index is 3.59. The molecule has 0 radical (unpaired) electrons.